The fourth-order valence-electron chi connectivity index (χ4n) is 5.15. The second kappa shape index (κ2) is 8.61. The van der Waals surface area contributed by atoms with Gasteiger partial charge in [-0.2, -0.15) is 4.31 Å². The summed E-state index contributed by atoms with van der Waals surface area (Å²) >= 11 is 0. The van der Waals surface area contributed by atoms with Gasteiger partial charge in [0.25, 0.3) is 0 Å². The molecular weight excluding hydrogens is 455 g/mol. The quantitative estimate of drug-likeness (QED) is 0.609. The number of carbonyl (C=O) groups is 1. The molecule has 0 unspecified atom stereocenters. The molecule has 3 aromatic rings. The maximum atomic E-state index is 13.7. The Balaban J connectivity index is 1.42. The van der Waals surface area contributed by atoms with Crippen LogP contribution in [0.4, 0.5) is 4.39 Å². The molecule has 3 atom stereocenters. The fourth-order valence-corrected chi connectivity index (χ4v) is 6.59. The maximum Gasteiger partial charge on any atom is 0.243 e. The normalized spacial score (nSPS) is 22.9. The Kier molecular flexibility index (Phi) is 5.75. The van der Waals surface area contributed by atoms with Crippen molar-refractivity contribution in [1.82, 2.24) is 9.21 Å². The van der Waals surface area contributed by atoms with Crippen molar-refractivity contribution in [2.45, 2.75) is 29.8 Å². The molecule has 0 bridgehead atoms. The first-order valence-electron chi connectivity index (χ1n) is 11.1. The molecule has 6 nitrogen and oxygen atoms in total. The van der Waals surface area contributed by atoms with E-state index in [1.807, 2.05) is 49.4 Å². The number of aliphatic hydroxyl groups excluding tert-OH is 1. The van der Waals surface area contributed by atoms with Gasteiger partial charge in [0.2, 0.25) is 15.9 Å². The van der Waals surface area contributed by atoms with Crippen molar-refractivity contribution in [2.75, 3.05) is 19.7 Å². The summed E-state index contributed by atoms with van der Waals surface area (Å²) in [5.74, 6) is -1.21. The number of aliphatic hydroxyl groups is 1. The van der Waals surface area contributed by atoms with Crippen molar-refractivity contribution in [3.05, 3.63) is 89.7 Å². The molecule has 2 aliphatic rings. The van der Waals surface area contributed by atoms with Crippen LogP contribution < -0.4 is 0 Å². The molecule has 34 heavy (non-hydrogen) atoms. The number of hydrogen-bond acceptors (Lipinski definition) is 4. The Morgan fingerprint density at radius 2 is 1.74 bits per heavy atom. The number of piperazine rings is 1. The van der Waals surface area contributed by atoms with Gasteiger partial charge in [0.05, 0.1) is 30.1 Å². The Hall–Kier alpha value is -3.07. The van der Waals surface area contributed by atoms with Gasteiger partial charge in [0.15, 0.2) is 0 Å². The van der Waals surface area contributed by atoms with E-state index in [-0.39, 0.29) is 36.4 Å². The van der Waals surface area contributed by atoms with E-state index in [2.05, 4.69) is 6.07 Å². The first kappa shape index (κ1) is 22.7. The van der Waals surface area contributed by atoms with Gasteiger partial charge in [0.1, 0.15) is 5.82 Å². The molecule has 0 spiro atoms. The molecule has 0 aromatic heterocycles. The number of halogens is 1. The molecule has 2 fully saturated rings. The summed E-state index contributed by atoms with van der Waals surface area (Å²) in [4.78, 5) is 14.3. The largest absolute Gasteiger partial charge is 0.394 e. The number of sulfonamides is 1. The van der Waals surface area contributed by atoms with Crippen molar-refractivity contribution in [1.29, 1.82) is 0 Å². The van der Waals surface area contributed by atoms with Crippen LogP contribution in [0.3, 0.4) is 0 Å². The molecule has 5 rings (SSSR count). The van der Waals surface area contributed by atoms with Crippen LogP contribution >= 0.6 is 0 Å². The number of fused-ring (bicyclic) bond motifs is 1. The Morgan fingerprint density at radius 3 is 2.41 bits per heavy atom. The number of nitrogens with zero attached hydrogens (tertiary/aromatic N) is 2. The number of carbonyl (C=O) groups excluding carboxylic acids is 1. The van der Waals surface area contributed by atoms with Gasteiger partial charge in [-0.25, -0.2) is 12.8 Å². The molecular formula is C26H25FN2O4S. The van der Waals surface area contributed by atoms with Gasteiger partial charge in [-0.05, 0) is 41.8 Å². The number of hydrogen-bond donors (Lipinski definition) is 1. The molecule has 3 aromatic carbocycles. The van der Waals surface area contributed by atoms with Crippen LogP contribution in [0.25, 0.3) is 11.1 Å². The number of benzene rings is 3. The third-order valence-corrected chi connectivity index (χ3v) is 8.61. The smallest absolute Gasteiger partial charge is 0.243 e. The van der Waals surface area contributed by atoms with Gasteiger partial charge < -0.3 is 10.0 Å². The summed E-state index contributed by atoms with van der Waals surface area (Å²) in [7, 11) is -4.03. The molecule has 0 aliphatic carbocycles. The standard InChI is InChI=1S/C26H25FN2O4S/c1-17-4-2-5-20(12-17)18-8-10-19(11-9-18)26-23-14-28(15-25(31)29(23)24(26)16-30)34(32,33)22-7-3-6-21(27)13-22/h2-13,23-24,26,30H,14-16H2,1H3/t23-,24+,26+/m0/s1. The average Bonchev–Trinajstić information content (AvgIpc) is 2.80. The van der Waals surface area contributed by atoms with Crippen LogP contribution in [0.15, 0.2) is 77.7 Å². The second-order valence-corrected chi connectivity index (χ2v) is 10.8. The highest BCUT2D eigenvalue weighted by molar-refractivity contribution is 7.89. The zero-order chi connectivity index (χ0) is 24.0. The topological polar surface area (TPSA) is 77.9 Å². The third-order valence-electron chi connectivity index (χ3n) is 6.80. The highest BCUT2D eigenvalue weighted by Gasteiger charge is 2.55. The van der Waals surface area contributed by atoms with E-state index in [1.54, 1.807) is 4.90 Å². The second-order valence-electron chi connectivity index (χ2n) is 8.89. The monoisotopic (exact) mass is 480 g/mol. The lowest BCUT2D eigenvalue weighted by molar-refractivity contribution is -0.158. The molecule has 0 saturated carbocycles. The molecule has 2 aliphatic heterocycles. The van der Waals surface area contributed by atoms with Crippen molar-refractivity contribution in [2.24, 2.45) is 0 Å². The van der Waals surface area contributed by atoms with Crippen LogP contribution in [0.2, 0.25) is 0 Å². The van der Waals surface area contributed by atoms with Gasteiger partial charge in [-0.15, -0.1) is 0 Å². The minimum Gasteiger partial charge on any atom is -0.394 e. The van der Waals surface area contributed by atoms with Crippen LogP contribution in [0.5, 0.6) is 0 Å². The molecule has 2 heterocycles. The zero-order valence-electron chi connectivity index (χ0n) is 18.6. The Morgan fingerprint density at radius 1 is 1.00 bits per heavy atom. The minimum atomic E-state index is -4.03. The molecule has 1 N–H and O–H groups in total. The van der Waals surface area contributed by atoms with Crippen molar-refractivity contribution >= 4 is 15.9 Å². The Bertz CT molecular complexity index is 1340. The van der Waals surface area contributed by atoms with Crippen molar-refractivity contribution in [3.8, 4) is 11.1 Å². The maximum absolute atomic E-state index is 13.7. The van der Waals surface area contributed by atoms with Crippen molar-refractivity contribution in [3.63, 3.8) is 0 Å². The number of rotatable bonds is 5. The first-order valence-corrected chi connectivity index (χ1v) is 12.6. The minimum absolute atomic E-state index is 0.0887. The third kappa shape index (κ3) is 3.81. The molecule has 176 valence electrons. The summed E-state index contributed by atoms with van der Waals surface area (Å²) in [6.45, 7) is 1.59. The molecule has 8 heteroatoms. The molecule has 1 amide bonds. The highest BCUT2D eigenvalue weighted by Crippen LogP contribution is 2.44. The van der Waals surface area contributed by atoms with Gasteiger partial charge in [-0.3, -0.25) is 4.79 Å². The van der Waals surface area contributed by atoms with Crippen molar-refractivity contribution < 1.29 is 22.7 Å². The van der Waals surface area contributed by atoms with Crippen LogP contribution in [-0.2, 0) is 14.8 Å². The number of amides is 1. The zero-order valence-corrected chi connectivity index (χ0v) is 19.5. The summed E-state index contributed by atoms with van der Waals surface area (Å²) in [6.07, 6.45) is 0. The van der Waals surface area contributed by atoms with Gasteiger partial charge >= 0.3 is 0 Å². The van der Waals surface area contributed by atoms with Crippen LogP contribution in [0.1, 0.15) is 17.0 Å². The van der Waals surface area contributed by atoms with Gasteiger partial charge in [0, 0.05) is 12.5 Å². The summed E-state index contributed by atoms with van der Waals surface area (Å²) in [6, 6.07) is 20.2. The lowest BCUT2D eigenvalue weighted by Gasteiger charge is -2.58. The van der Waals surface area contributed by atoms with E-state index >= 15 is 0 Å². The predicted molar refractivity (Wildman–Crippen MR) is 126 cm³/mol. The van der Waals surface area contributed by atoms with E-state index < -0.39 is 27.9 Å². The van der Waals surface area contributed by atoms with Crippen LogP contribution in [0, 0.1) is 12.7 Å². The van der Waals surface area contributed by atoms with Crippen LogP contribution in [-0.4, -0.2) is 60.4 Å². The first-order chi connectivity index (χ1) is 16.3. The van der Waals surface area contributed by atoms with Gasteiger partial charge in [-0.1, -0.05) is 60.2 Å². The lowest BCUT2D eigenvalue weighted by atomic mass is 9.74. The molecule has 2 saturated heterocycles. The summed E-state index contributed by atoms with van der Waals surface area (Å²) < 4.78 is 41.0. The molecule has 0 radical (unpaired) electrons. The SMILES string of the molecule is Cc1cccc(-c2ccc([C@H]3[C@@H](CO)N4C(=O)CN(S(=O)(=O)c5cccc(F)c5)C[C@@H]34)cc2)c1. The lowest BCUT2D eigenvalue weighted by Crippen LogP contribution is -2.73. The average molecular weight is 481 g/mol. The summed E-state index contributed by atoms with van der Waals surface area (Å²) in [5.41, 5.74) is 4.26. The fraction of sp³-hybridized carbons (Fsp3) is 0.269. The van der Waals surface area contributed by atoms with E-state index in [0.29, 0.717) is 0 Å². The van der Waals surface area contributed by atoms with E-state index in [4.69, 9.17) is 0 Å². The van der Waals surface area contributed by atoms with E-state index in [1.165, 1.54) is 18.2 Å². The summed E-state index contributed by atoms with van der Waals surface area (Å²) in [5, 5.41) is 10.0. The Labute approximate surface area is 198 Å². The van der Waals surface area contributed by atoms with E-state index in [9.17, 15) is 22.7 Å². The predicted octanol–water partition coefficient (Wildman–Crippen LogP) is 3.16. The van der Waals surface area contributed by atoms with E-state index in [0.717, 1.165) is 32.6 Å². The highest BCUT2D eigenvalue weighted by atomic mass is 32.2. The number of aryl methyl sites for hydroxylation is 1.